The van der Waals surface area contributed by atoms with Crippen molar-refractivity contribution in [1.82, 2.24) is 0 Å². The van der Waals surface area contributed by atoms with Crippen LogP contribution >= 0.6 is 0 Å². The maximum absolute atomic E-state index is 12.0. The lowest BCUT2D eigenvalue weighted by Gasteiger charge is -2.03. The molecule has 2 aromatic carbocycles. The molecule has 0 spiro atoms. The Morgan fingerprint density at radius 2 is 1.84 bits per heavy atom. The minimum Gasteiger partial charge on any atom is -0.298 e. The summed E-state index contributed by atoms with van der Waals surface area (Å²) in [6, 6.07) is 15.0. The molecule has 0 heterocycles. The predicted octanol–water partition coefficient (Wildman–Crippen LogP) is 3.62. The summed E-state index contributed by atoms with van der Waals surface area (Å²) in [6.07, 6.45) is 1.95. The van der Waals surface area contributed by atoms with Crippen LogP contribution in [0.15, 0.2) is 48.5 Å². The number of aldehydes is 1. The summed E-state index contributed by atoms with van der Waals surface area (Å²) in [7, 11) is 0. The monoisotopic (exact) mass is 252 g/mol. The minimum absolute atomic E-state index is 0.0734. The van der Waals surface area contributed by atoms with Gasteiger partial charge in [0, 0.05) is 17.5 Å². The van der Waals surface area contributed by atoms with Crippen LogP contribution in [0, 0.1) is 6.92 Å². The summed E-state index contributed by atoms with van der Waals surface area (Å²) in [5, 5.41) is 0. The van der Waals surface area contributed by atoms with E-state index in [0.717, 1.165) is 18.3 Å². The van der Waals surface area contributed by atoms with Gasteiger partial charge in [0.05, 0.1) is 0 Å². The first-order valence-electron chi connectivity index (χ1n) is 6.33. The second-order valence-corrected chi connectivity index (χ2v) is 4.65. The van der Waals surface area contributed by atoms with Gasteiger partial charge in [0.2, 0.25) is 0 Å². The van der Waals surface area contributed by atoms with Gasteiger partial charge in [-0.05, 0) is 25.0 Å². The van der Waals surface area contributed by atoms with E-state index in [-0.39, 0.29) is 5.78 Å². The van der Waals surface area contributed by atoms with Gasteiger partial charge in [0.1, 0.15) is 6.29 Å². The number of hydrogen-bond donors (Lipinski definition) is 0. The summed E-state index contributed by atoms with van der Waals surface area (Å²) in [4.78, 5) is 22.7. The van der Waals surface area contributed by atoms with Gasteiger partial charge in [-0.25, -0.2) is 0 Å². The van der Waals surface area contributed by atoms with Crippen molar-refractivity contribution in [2.24, 2.45) is 0 Å². The first kappa shape index (κ1) is 13.2. The molecule has 19 heavy (non-hydrogen) atoms. The van der Waals surface area contributed by atoms with Gasteiger partial charge in [-0.1, -0.05) is 48.0 Å². The SMILES string of the molecule is Cc1ccc(CCC(=O)c2cccc(C=O)c2)cc1. The molecule has 0 aliphatic rings. The molecule has 0 bridgehead atoms. The van der Waals surface area contributed by atoms with Crippen molar-refractivity contribution < 1.29 is 9.59 Å². The Morgan fingerprint density at radius 1 is 1.11 bits per heavy atom. The zero-order valence-corrected chi connectivity index (χ0v) is 10.9. The molecule has 0 aromatic heterocycles. The van der Waals surface area contributed by atoms with E-state index in [1.54, 1.807) is 24.3 Å². The Morgan fingerprint density at radius 3 is 2.53 bits per heavy atom. The fraction of sp³-hybridized carbons (Fsp3) is 0.176. The summed E-state index contributed by atoms with van der Waals surface area (Å²) < 4.78 is 0. The molecule has 2 heteroatoms. The van der Waals surface area contributed by atoms with Gasteiger partial charge in [-0.2, -0.15) is 0 Å². The first-order chi connectivity index (χ1) is 9.19. The van der Waals surface area contributed by atoms with Crippen molar-refractivity contribution in [3.05, 3.63) is 70.8 Å². The van der Waals surface area contributed by atoms with Crippen molar-refractivity contribution in [3.63, 3.8) is 0 Å². The summed E-state index contributed by atoms with van der Waals surface area (Å²) in [6.45, 7) is 2.04. The topological polar surface area (TPSA) is 34.1 Å². The Bertz CT molecular complexity index is 582. The van der Waals surface area contributed by atoms with Gasteiger partial charge in [-0.15, -0.1) is 0 Å². The number of carbonyl (C=O) groups excluding carboxylic acids is 2. The molecular weight excluding hydrogens is 236 g/mol. The van der Waals surface area contributed by atoms with Crippen LogP contribution in [0.2, 0.25) is 0 Å². The number of rotatable bonds is 5. The van der Waals surface area contributed by atoms with E-state index in [0.29, 0.717) is 17.5 Å². The van der Waals surface area contributed by atoms with E-state index in [1.807, 2.05) is 31.2 Å². The fourth-order valence-corrected chi connectivity index (χ4v) is 1.94. The number of ketones is 1. The van der Waals surface area contributed by atoms with Crippen LogP contribution in [-0.4, -0.2) is 12.1 Å². The summed E-state index contributed by atoms with van der Waals surface area (Å²) in [5.41, 5.74) is 3.53. The Hall–Kier alpha value is -2.22. The predicted molar refractivity (Wildman–Crippen MR) is 75.7 cm³/mol. The summed E-state index contributed by atoms with van der Waals surface area (Å²) in [5.74, 6) is 0.0734. The third kappa shape index (κ3) is 3.62. The van der Waals surface area contributed by atoms with Gasteiger partial charge in [0.25, 0.3) is 0 Å². The molecule has 2 aromatic rings. The first-order valence-corrected chi connectivity index (χ1v) is 6.33. The molecule has 0 amide bonds. The largest absolute Gasteiger partial charge is 0.298 e. The average molecular weight is 252 g/mol. The van der Waals surface area contributed by atoms with Gasteiger partial charge in [0.15, 0.2) is 5.78 Å². The second kappa shape index (κ2) is 6.10. The molecule has 0 aliphatic heterocycles. The van der Waals surface area contributed by atoms with Crippen LogP contribution in [0.25, 0.3) is 0 Å². The highest BCUT2D eigenvalue weighted by Crippen LogP contribution is 2.11. The molecule has 0 radical (unpaired) electrons. The van der Waals surface area contributed by atoms with Crippen LogP contribution in [0.3, 0.4) is 0 Å². The molecule has 0 atom stereocenters. The van der Waals surface area contributed by atoms with Crippen LogP contribution in [0.4, 0.5) is 0 Å². The zero-order chi connectivity index (χ0) is 13.7. The van der Waals surface area contributed by atoms with Gasteiger partial charge < -0.3 is 0 Å². The van der Waals surface area contributed by atoms with Crippen molar-refractivity contribution in [1.29, 1.82) is 0 Å². The number of hydrogen-bond acceptors (Lipinski definition) is 2. The Labute approximate surface area is 113 Å². The standard InChI is InChI=1S/C17H16O2/c1-13-5-7-14(8-6-13)9-10-17(19)16-4-2-3-15(11-16)12-18/h2-8,11-12H,9-10H2,1H3. The van der Waals surface area contributed by atoms with Gasteiger partial charge >= 0.3 is 0 Å². The molecule has 0 aliphatic carbocycles. The molecule has 0 fully saturated rings. The Kier molecular flexibility index (Phi) is 4.24. The maximum atomic E-state index is 12.0. The molecule has 2 rings (SSSR count). The van der Waals surface area contributed by atoms with E-state index in [2.05, 4.69) is 0 Å². The quantitative estimate of drug-likeness (QED) is 0.601. The maximum Gasteiger partial charge on any atom is 0.163 e. The van der Waals surface area contributed by atoms with Gasteiger partial charge in [-0.3, -0.25) is 9.59 Å². The average Bonchev–Trinajstić information content (AvgIpc) is 2.46. The lowest BCUT2D eigenvalue weighted by molar-refractivity contribution is 0.0983. The highest BCUT2D eigenvalue weighted by atomic mass is 16.1. The third-order valence-electron chi connectivity index (χ3n) is 3.11. The van der Waals surface area contributed by atoms with Crippen LogP contribution < -0.4 is 0 Å². The van der Waals surface area contributed by atoms with Crippen molar-refractivity contribution >= 4 is 12.1 Å². The molecule has 0 saturated carbocycles. The summed E-state index contributed by atoms with van der Waals surface area (Å²) >= 11 is 0. The van der Waals surface area contributed by atoms with E-state index in [4.69, 9.17) is 0 Å². The molecule has 2 nitrogen and oxygen atoms in total. The molecule has 96 valence electrons. The molecule has 0 N–H and O–H groups in total. The van der Waals surface area contributed by atoms with Crippen molar-refractivity contribution in [2.75, 3.05) is 0 Å². The number of aryl methyl sites for hydroxylation is 2. The van der Waals surface area contributed by atoms with Crippen LogP contribution in [-0.2, 0) is 6.42 Å². The number of carbonyl (C=O) groups is 2. The smallest absolute Gasteiger partial charge is 0.163 e. The van der Waals surface area contributed by atoms with Crippen molar-refractivity contribution in [3.8, 4) is 0 Å². The third-order valence-corrected chi connectivity index (χ3v) is 3.11. The molecular formula is C17H16O2. The lowest BCUT2D eigenvalue weighted by atomic mass is 10.0. The highest BCUT2D eigenvalue weighted by Gasteiger charge is 2.06. The van der Waals surface area contributed by atoms with Crippen LogP contribution in [0.1, 0.15) is 38.3 Å². The van der Waals surface area contributed by atoms with E-state index in [9.17, 15) is 9.59 Å². The molecule has 0 unspecified atom stereocenters. The molecule has 0 saturated heterocycles. The number of Topliss-reactive ketones (excluding diaryl/α,β-unsaturated/α-hetero) is 1. The number of benzene rings is 2. The normalized spacial score (nSPS) is 10.2. The van der Waals surface area contributed by atoms with Crippen molar-refractivity contribution in [2.45, 2.75) is 19.8 Å². The van der Waals surface area contributed by atoms with E-state index in [1.165, 1.54) is 5.56 Å². The van der Waals surface area contributed by atoms with E-state index < -0.39 is 0 Å². The fourth-order valence-electron chi connectivity index (χ4n) is 1.94. The zero-order valence-electron chi connectivity index (χ0n) is 10.9. The second-order valence-electron chi connectivity index (χ2n) is 4.65. The minimum atomic E-state index is 0.0734. The highest BCUT2D eigenvalue weighted by molar-refractivity contribution is 5.97. The van der Waals surface area contributed by atoms with Crippen LogP contribution in [0.5, 0.6) is 0 Å². The lowest BCUT2D eigenvalue weighted by Crippen LogP contribution is -2.02. The Balaban J connectivity index is 2.00. The van der Waals surface area contributed by atoms with E-state index >= 15 is 0 Å².